The maximum atomic E-state index is 12.3. The van der Waals surface area contributed by atoms with Gasteiger partial charge < -0.3 is 15.1 Å². The Morgan fingerprint density at radius 1 is 1.14 bits per heavy atom. The zero-order chi connectivity index (χ0) is 24.1. The number of pyridine rings is 3. The summed E-state index contributed by atoms with van der Waals surface area (Å²) >= 11 is 0. The molecule has 2 aliphatic rings. The van der Waals surface area contributed by atoms with Gasteiger partial charge in [-0.1, -0.05) is 6.92 Å². The van der Waals surface area contributed by atoms with Gasteiger partial charge in [-0.2, -0.15) is 0 Å². The number of rotatable bonds is 5. The zero-order valence-corrected chi connectivity index (χ0v) is 20.4. The summed E-state index contributed by atoms with van der Waals surface area (Å²) in [5.74, 6) is 1.33. The number of carbonyl (C=O) groups is 1. The predicted octanol–water partition coefficient (Wildman–Crippen LogP) is 3.39. The second-order valence-corrected chi connectivity index (χ2v) is 9.75. The van der Waals surface area contributed by atoms with Gasteiger partial charge in [-0.3, -0.25) is 9.78 Å². The molecule has 0 radical (unpaired) electrons. The van der Waals surface area contributed by atoms with Gasteiger partial charge in [-0.05, 0) is 51.4 Å². The Morgan fingerprint density at radius 3 is 2.77 bits per heavy atom. The highest BCUT2D eigenvalue weighted by Crippen LogP contribution is 2.32. The van der Waals surface area contributed by atoms with Crippen LogP contribution in [0.4, 0.5) is 11.5 Å². The minimum absolute atomic E-state index is 0.0415. The molecule has 0 aromatic carbocycles. The molecule has 5 heterocycles. The molecule has 35 heavy (non-hydrogen) atoms. The van der Waals surface area contributed by atoms with E-state index in [4.69, 9.17) is 10.1 Å². The normalized spacial score (nSPS) is 18.9. The van der Waals surface area contributed by atoms with Gasteiger partial charge in [0.15, 0.2) is 11.5 Å². The molecular weight excluding hydrogens is 440 g/mol. The number of nitrogens with one attached hydrogen (secondary N) is 1. The highest BCUT2D eigenvalue weighted by molar-refractivity contribution is 6.00. The van der Waals surface area contributed by atoms with Crippen LogP contribution in [0.5, 0.6) is 0 Å². The Hall–Kier alpha value is -3.59. The van der Waals surface area contributed by atoms with Crippen LogP contribution in [0.2, 0.25) is 0 Å². The first-order valence-corrected chi connectivity index (χ1v) is 12.4. The summed E-state index contributed by atoms with van der Waals surface area (Å²) in [7, 11) is 2.18. The van der Waals surface area contributed by atoms with E-state index in [0.717, 1.165) is 72.3 Å². The van der Waals surface area contributed by atoms with Gasteiger partial charge >= 0.3 is 0 Å². The molecule has 2 fully saturated rings. The van der Waals surface area contributed by atoms with Crippen LogP contribution in [0, 0.1) is 5.92 Å². The van der Waals surface area contributed by atoms with Gasteiger partial charge in [-0.15, -0.1) is 5.10 Å². The van der Waals surface area contributed by atoms with E-state index in [1.54, 1.807) is 6.20 Å². The van der Waals surface area contributed by atoms with Crippen molar-refractivity contribution in [1.82, 2.24) is 29.5 Å². The van der Waals surface area contributed by atoms with Crippen LogP contribution in [0.15, 0.2) is 36.8 Å². The Morgan fingerprint density at radius 2 is 2.00 bits per heavy atom. The van der Waals surface area contributed by atoms with Gasteiger partial charge in [0.25, 0.3) is 0 Å². The molecule has 0 unspecified atom stereocenters. The second kappa shape index (κ2) is 8.57. The highest BCUT2D eigenvalue weighted by Gasteiger charge is 2.30. The molecule has 1 N–H and O–H groups in total. The molecule has 9 heteroatoms. The predicted molar refractivity (Wildman–Crippen MR) is 137 cm³/mol. The number of aryl methyl sites for hydroxylation is 1. The number of piperazine rings is 1. The van der Waals surface area contributed by atoms with E-state index in [1.165, 1.54) is 0 Å². The Bertz CT molecular complexity index is 1430. The maximum Gasteiger partial charge on any atom is 0.228 e. The van der Waals surface area contributed by atoms with Crippen molar-refractivity contribution >= 4 is 33.8 Å². The monoisotopic (exact) mass is 470 g/mol. The minimum atomic E-state index is 0.0415. The second-order valence-electron chi connectivity index (χ2n) is 9.75. The molecule has 1 amide bonds. The standard InChI is InChI=1S/C26H30N8O/c1-4-22-20-12-28-23(29-26(35)17-5-6-17)11-19(20)21(13-27-22)25-30-24-8-7-18(15-34(24)31-25)33-10-9-32(3)16(2)14-33/h7-8,11-13,15-17H,4-6,9-10,14H2,1-3H3,(H,28,29,35)/t16-/m0/s1. The molecule has 4 aromatic rings. The highest BCUT2D eigenvalue weighted by atomic mass is 16.2. The van der Waals surface area contributed by atoms with Gasteiger partial charge in [0.05, 0.1) is 11.9 Å². The number of aromatic nitrogens is 5. The van der Waals surface area contributed by atoms with E-state index in [0.29, 0.717) is 17.7 Å². The number of hydrogen-bond donors (Lipinski definition) is 1. The summed E-state index contributed by atoms with van der Waals surface area (Å²) in [6, 6.07) is 6.57. The summed E-state index contributed by atoms with van der Waals surface area (Å²) in [6.45, 7) is 7.35. The SMILES string of the molecule is CCc1ncc(-c2nc3ccc(N4CCN(C)[C@@H](C)C4)cn3n2)c2cc(NC(=O)C3CC3)ncc12. The molecular formula is C26H30N8O. The average Bonchev–Trinajstić information content (AvgIpc) is 3.64. The largest absolute Gasteiger partial charge is 0.367 e. The molecule has 1 atom stereocenters. The van der Waals surface area contributed by atoms with Crippen LogP contribution in [-0.4, -0.2) is 68.1 Å². The topological polar surface area (TPSA) is 91.5 Å². The average molecular weight is 471 g/mol. The number of hydrogen-bond acceptors (Lipinski definition) is 7. The first-order chi connectivity index (χ1) is 17.0. The molecule has 4 aromatic heterocycles. The molecule has 1 saturated carbocycles. The Labute approximate surface area is 204 Å². The van der Waals surface area contributed by atoms with Crippen LogP contribution in [-0.2, 0) is 11.2 Å². The summed E-state index contributed by atoms with van der Waals surface area (Å²) in [5, 5.41) is 9.70. The van der Waals surface area contributed by atoms with Crippen LogP contribution in [0.25, 0.3) is 27.8 Å². The fraction of sp³-hybridized carbons (Fsp3) is 0.423. The number of carbonyl (C=O) groups excluding carboxylic acids is 1. The molecule has 9 nitrogen and oxygen atoms in total. The van der Waals surface area contributed by atoms with Crippen LogP contribution in [0.1, 0.15) is 32.4 Å². The van der Waals surface area contributed by atoms with Gasteiger partial charge in [-0.25, -0.2) is 14.5 Å². The third-order valence-corrected chi connectivity index (χ3v) is 7.27. The van der Waals surface area contributed by atoms with Crippen molar-refractivity contribution in [3.8, 4) is 11.4 Å². The van der Waals surface area contributed by atoms with Crippen molar-refractivity contribution in [2.24, 2.45) is 5.92 Å². The molecule has 1 saturated heterocycles. The lowest BCUT2D eigenvalue weighted by molar-refractivity contribution is -0.117. The van der Waals surface area contributed by atoms with Crippen molar-refractivity contribution in [2.45, 2.75) is 39.2 Å². The van der Waals surface area contributed by atoms with E-state index >= 15 is 0 Å². The van der Waals surface area contributed by atoms with Gasteiger partial charge in [0.1, 0.15) is 5.82 Å². The fourth-order valence-electron chi connectivity index (χ4n) is 4.75. The minimum Gasteiger partial charge on any atom is -0.367 e. The summed E-state index contributed by atoms with van der Waals surface area (Å²) in [6.07, 6.45) is 8.39. The Kier molecular flexibility index (Phi) is 5.36. The number of fused-ring (bicyclic) bond motifs is 2. The van der Waals surface area contributed by atoms with Gasteiger partial charge in [0, 0.05) is 66.0 Å². The third kappa shape index (κ3) is 4.10. The molecule has 0 bridgehead atoms. The molecule has 1 aliphatic carbocycles. The number of anilines is 2. The van der Waals surface area contributed by atoms with Crippen LogP contribution in [0.3, 0.4) is 0 Å². The van der Waals surface area contributed by atoms with Gasteiger partial charge in [0.2, 0.25) is 5.91 Å². The van der Waals surface area contributed by atoms with E-state index in [-0.39, 0.29) is 11.8 Å². The smallest absolute Gasteiger partial charge is 0.228 e. The lowest BCUT2D eigenvalue weighted by Gasteiger charge is -2.38. The van der Waals surface area contributed by atoms with Crippen molar-refractivity contribution in [3.63, 3.8) is 0 Å². The van der Waals surface area contributed by atoms with E-state index in [2.05, 4.69) is 58.2 Å². The molecule has 6 rings (SSSR count). The summed E-state index contributed by atoms with van der Waals surface area (Å²) in [4.78, 5) is 31.1. The number of nitrogens with zero attached hydrogens (tertiary/aromatic N) is 7. The van der Waals surface area contributed by atoms with Crippen molar-refractivity contribution < 1.29 is 4.79 Å². The number of amides is 1. The van der Waals surface area contributed by atoms with Crippen molar-refractivity contribution in [3.05, 3.63) is 42.5 Å². The Balaban J connectivity index is 1.38. The molecule has 1 aliphatic heterocycles. The van der Waals surface area contributed by atoms with Crippen molar-refractivity contribution in [2.75, 3.05) is 36.9 Å². The maximum absolute atomic E-state index is 12.3. The summed E-state index contributed by atoms with van der Waals surface area (Å²) < 4.78 is 1.85. The quantitative estimate of drug-likeness (QED) is 0.478. The first-order valence-electron chi connectivity index (χ1n) is 12.4. The number of likely N-dealkylation sites (N-methyl/N-ethyl adjacent to an activating group) is 1. The molecule has 180 valence electrons. The van der Waals surface area contributed by atoms with E-state index in [9.17, 15) is 4.79 Å². The third-order valence-electron chi connectivity index (χ3n) is 7.27. The first kappa shape index (κ1) is 21.9. The van der Waals surface area contributed by atoms with Crippen LogP contribution >= 0.6 is 0 Å². The van der Waals surface area contributed by atoms with E-state index < -0.39 is 0 Å². The molecule has 0 spiro atoms. The lowest BCUT2D eigenvalue weighted by Crippen LogP contribution is -2.50. The zero-order valence-electron chi connectivity index (χ0n) is 20.4. The summed E-state index contributed by atoms with van der Waals surface area (Å²) in [5.41, 5.74) is 3.73. The fourth-order valence-corrected chi connectivity index (χ4v) is 4.75. The van der Waals surface area contributed by atoms with Crippen molar-refractivity contribution in [1.29, 1.82) is 0 Å². The van der Waals surface area contributed by atoms with E-state index in [1.807, 2.05) is 22.8 Å². The van der Waals surface area contributed by atoms with Crippen LogP contribution < -0.4 is 10.2 Å². The lowest BCUT2D eigenvalue weighted by atomic mass is 10.1.